The van der Waals surface area contributed by atoms with Gasteiger partial charge in [-0.25, -0.2) is 4.79 Å². The molecule has 1 aromatic rings. The van der Waals surface area contributed by atoms with E-state index in [1.54, 1.807) is 4.90 Å². The number of ether oxygens (including phenoxy) is 1. The lowest BCUT2D eigenvalue weighted by Crippen LogP contribution is -2.41. The maximum atomic E-state index is 12.0. The number of likely N-dealkylation sites (tertiary alicyclic amines) is 1. The van der Waals surface area contributed by atoms with Crippen molar-refractivity contribution in [1.82, 2.24) is 19.7 Å². The zero-order valence-corrected chi connectivity index (χ0v) is 13.3. The van der Waals surface area contributed by atoms with Gasteiger partial charge in [0.1, 0.15) is 11.4 Å². The Labute approximate surface area is 124 Å². The second kappa shape index (κ2) is 5.55. The summed E-state index contributed by atoms with van der Waals surface area (Å²) in [5, 5.41) is 7.09. The molecule has 1 fully saturated rings. The molecule has 112 valence electrons. The fourth-order valence-electron chi connectivity index (χ4n) is 2.37. The summed E-state index contributed by atoms with van der Waals surface area (Å²) in [6.45, 7) is 7.03. The third-order valence-corrected chi connectivity index (χ3v) is 3.79. The van der Waals surface area contributed by atoms with Crippen molar-refractivity contribution in [3.05, 3.63) is 10.6 Å². The second-order valence-electron chi connectivity index (χ2n) is 6.19. The summed E-state index contributed by atoms with van der Waals surface area (Å²) < 4.78 is 7.93. The molecular formula is C13H22N4O2S. The molecule has 2 rings (SSSR count). The molecule has 1 aliphatic heterocycles. The fourth-order valence-corrected chi connectivity index (χ4v) is 2.51. The van der Waals surface area contributed by atoms with Crippen LogP contribution in [0, 0.1) is 4.77 Å². The number of rotatable bonds is 1. The van der Waals surface area contributed by atoms with Crippen LogP contribution in [0.3, 0.4) is 0 Å². The van der Waals surface area contributed by atoms with Gasteiger partial charge in [0.25, 0.3) is 0 Å². The first-order valence-electron chi connectivity index (χ1n) is 6.87. The van der Waals surface area contributed by atoms with Gasteiger partial charge in [-0.1, -0.05) is 0 Å². The highest BCUT2D eigenvalue weighted by Gasteiger charge is 2.29. The smallest absolute Gasteiger partial charge is 0.410 e. The van der Waals surface area contributed by atoms with Crippen LogP contribution < -0.4 is 0 Å². The first-order chi connectivity index (χ1) is 9.28. The lowest BCUT2D eigenvalue weighted by atomic mass is 9.96. The number of nitrogens with one attached hydrogen (secondary N) is 1. The Hall–Kier alpha value is -1.37. The molecule has 7 heteroatoms. The molecule has 0 atom stereocenters. The Balaban J connectivity index is 1.94. The van der Waals surface area contributed by atoms with Crippen molar-refractivity contribution in [2.24, 2.45) is 7.05 Å². The zero-order valence-electron chi connectivity index (χ0n) is 12.5. The molecule has 2 heterocycles. The van der Waals surface area contributed by atoms with Gasteiger partial charge in [0, 0.05) is 26.1 Å². The van der Waals surface area contributed by atoms with Crippen LogP contribution in [-0.2, 0) is 11.8 Å². The minimum absolute atomic E-state index is 0.230. The second-order valence-corrected chi connectivity index (χ2v) is 6.57. The van der Waals surface area contributed by atoms with Crippen molar-refractivity contribution in [2.45, 2.75) is 45.1 Å². The average Bonchev–Trinajstić information content (AvgIpc) is 2.68. The minimum Gasteiger partial charge on any atom is -0.444 e. The monoisotopic (exact) mass is 298 g/mol. The van der Waals surface area contributed by atoms with E-state index in [2.05, 4.69) is 10.2 Å². The summed E-state index contributed by atoms with van der Waals surface area (Å²) in [7, 11) is 1.92. The van der Waals surface area contributed by atoms with Crippen molar-refractivity contribution < 1.29 is 9.53 Å². The number of carbonyl (C=O) groups excluding carboxylic acids is 1. The highest BCUT2D eigenvalue weighted by atomic mass is 32.1. The minimum atomic E-state index is -0.445. The SMILES string of the molecule is Cn1c(C2CCN(C(=O)OC(C)(C)C)CC2)n[nH]c1=S. The van der Waals surface area contributed by atoms with Gasteiger partial charge in [-0.3, -0.25) is 5.10 Å². The van der Waals surface area contributed by atoms with Crippen LogP contribution in [0.15, 0.2) is 0 Å². The molecule has 0 unspecified atom stereocenters. The number of hydrogen-bond donors (Lipinski definition) is 1. The van der Waals surface area contributed by atoms with Crippen molar-refractivity contribution in [3.8, 4) is 0 Å². The van der Waals surface area contributed by atoms with E-state index >= 15 is 0 Å². The fraction of sp³-hybridized carbons (Fsp3) is 0.769. The summed E-state index contributed by atoms with van der Waals surface area (Å²) in [6.07, 6.45) is 1.53. The Morgan fingerprint density at radius 2 is 2.00 bits per heavy atom. The molecule has 0 saturated carbocycles. The third-order valence-electron chi connectivity index (χ3n) is 3.43. The van der Waals surface area contributed by atoms with E-state index in [1.807, 2.05) is 32.4 Å². The van der Waals surface area contributed by atoms with E-state index in [1.165, 1.54) is 0 Å². The Morgan fingerprint density at radius 3 is 2.45 bits per heavy atom. The van der Waals surface area contributed by atoms with Gasteiger partial charge in [-0.05, 0) is 45.8 Å². The van der Waals surface area contributed by atoms with E-state index in [-0.39, 0.29) is 6.09 Å². The predicted molar refractivity (Wildman–Crippen MR) is 78.2 cm³/mol. The lowest BCUT2D eigenvalue weighted by Gasteiger charge is -2.33. The molecule has 20 heavy (non-hydrogen) atoms. The zero-order chi connectivity index (χ0) is 14.9. The topological polar surface area (TPSA) is 63.1 Å². The molecule has 1 amide bonds. The predicted octanol–water partition coefficient (Wildman–Crippen LogP) is 2.59. The Morgan fingerprint density at radius 1 is 1.40 bits per heavy atom. The van der Waals surface area contributed by atoms with Crippen LogP contribution in [0.1, 0.15) is 45.4 Å². The number of amides is 1. The molecule has 1 N–H and O–H groups in total. The van der Waals surface area contributed by atoms with Crippen LogP contribution in [0.2, 0.25) is 0 Å². The molecule has 6 nitrogen and oxygen atoms in total. The maximum Gasteiger partial charge on any atom is 0.410 e. The Kier molecular flexibility index (Phi) is 4.17. The van der Waals surface area contributed by atoms with E-state index in [4.69, 9.17) is 17.0 Å². The number of aromatic amines is 1. The summed E-state index contributed by atoms with van der Waals surface area (Å²) in [6, 6.07) is 0. The highest BCUT2D eigenvalue weighted by Crippen LogP contribution is 2.27. The molecule has 0 aliphatic carbocycles. The van der Waals surface area contributed by atoms with Crippen molar-refractivity contribution in [1.29, 1.82) is 0 Å². The number of carbonyl (C=O) groups is 1. The number of piperidine rings is 1. The summed E-state index contributed by atoms with van der Waals surface area (Å²) in [4.78, 5) is 13.8. The van der Waals surface area contributed by atoms with Gasteiger partial charge in [0.15, 0.2) is 4.77 Å². The van der Waals surface area contributed by atoms with Crippen LogP contribution in [-0.4, -0.2) is 44.4 Å². The molecule has 1 aliphatic rings. The van der Waals surface area contributed by atoms with Crippen LogP contribution in [0.5, 0.6) is 0 Å². The van der Waals surface area contributed by atoms with Gasteiger partial charge in [0.2, 0.25) is 0 Å². The number of H-pyrrole nitrogens is 1. The number of hydrogen-bond acceptors (Lipinski definition) is 4. The van der Waals surface area contributed by atoms with Crippen molar-refractivity contribution in [3.63, 3.8) is 0 Å². The molecule has 0 bridgehead atoms. The number of nitrogens with zero attached hydrogens (tertiary/aromatic N) is 3. The maximum absolute atomic E-state index is 12.0. The molecule has 1 aromatic heterocycles. The summed E-state index contributed by atoms with van der Waals surface area (Å²) in [5.41, 5.74) is -0.445. The van der Waals surface area contributed by atoms with E-state index in [0.717, 1.165) is 18.7 Å². The van der Waals surface area contributed by atoms with Crippen LogP contribution in [0.25, 0.3) is 0 Å². The van der Waals surface area contributed by atoms with Gasteiger partial charge < -0.3 is 14.2 Å². The normalized spacial score (nSPS) is 17.3. The summed E-state index contributed by atoms with van der Waals surface area (Å²) in [5.74, 6) is 1.31. The quantitative estimate of drug-likeness (QED) is 0.809. The Bertz CT molecular complexity index is 535. The third kappa shape index (κ3) is 3.39. The van der Waals surface area contributed by atoms with E-state index < -0.39 is 5.60 Å². The molecule has 0 spiro atoms. The highest BCUT2D eigenvalue weighted by molar-refractivity contribution is 7.71. The van der Waals surface area contributed by atoms with Gasteiger partial charge in [0.05, 0.1) is 0 Å². The average molecular weight is 298 g/mol. The largest absolute Gasteiger partial charge is 0.444 e. The van der Waals surface area contributed by atoms with Crippen LogP contribution in [0.4, 0.5) is 4.79 Å². The molecule has 0 aromatic carbocycles. The van der Waals surface area contributed by atoms with Crippen molar-refractivity contribution in [2.75, 3.05) is 13.1 Å². The van der Waals surface area contributed by atoms with Crippen molar-refractivity contribution >= 4 is 18.3 Å². The molecule has 0 radical (unpaired) electrons. The lowest BCUT2D eigenvalue weighted by molar-refractivity contribution is 0.0202. The molecular weight excluding hydrogens is 276 g/mol. The standard InChI is InChI=1S/C13H22N4O2S/c1-13(2,3)19-12(18)17-7-5-9(6-8-17)10-14-15-11(20)16(10)4/h9H,5-8H2,1-4H3,(H,15,20). The van der Waals surface area contributed by atoms with E-state index in [9.17, 15) is 4.79 Å². The first kappa shape index (κ1) is 15.0. The van der Waals surface area contributed by atoms with E-state index in [0.29, 0.717) is 23.8 Å². The van der Waals surface area contributed by atoms with Gasteiger partial charge in [-0.2, -0.15) is 5.10 Å². The van der Waals surface area contributed by atoms with Crippen LogP contribution >= 0.6 is 12.2 Å². The van der Waals surface area contributed by atoms with Gasteiger partial charge >= 0.3 is 6.09 Å². The summed E-state index contributed by atoms with van der Waals surface area (Å²) >= 11 is 5.13. The first-order valence-corrected chi connectivity index (χ1v) is 7.28. The van der Waals surface area contributed by atoms with Gasteiger partial charge in [-0.15, -0.1) is 0 Å². The number of aromatic nitrogens is 3. The molecule has 1 saturated heterocycles.